The third kappa shape index (κ3) is 6.14. The van der Waals surface area contributed by atoms with Crippen LogP contribution in [0.5, 0.6) is 0 Å². The monoisotopic (exact) mass is 452 g/mol. The zero-order valence-electron chi connectivity index (χ0n) is 19.6. The smallest absolute Gasteiger partial charge is 0.300 e. The molecule has 0 unspecified atom stereocenters. The van der Waals surface area contributed by atoms with Crippen molar-refractivity contribution in [2.24, 2.45) is 11.8 Å². The Morgan fingerprint density at radius 3 is 2.38 bits per heavy atom. The van der Waals surface area contributed by atoms with E-state index in [1.165, 1.54) is 56.9 Å². The summed E-state index contributed by atoms with van der Waals surface area (Å²) in [5, 5.41) is 7.16. The number of nitrogens with zero attached hydrogens (tertiary/aromatic N) is 2. The first-order valence-corrected chi connectivity index (χ1v) is 12.7. The first-order valence-electron chi connectivity index (χ1n) is 12.7. The fourth-order valence-electron chi connectivity index (χ4n) is 4.73. The van der Waals surface area contributed by atoms with E-state index in [0.717, 1.165) is 41.2 Å². The van der Waals surface area contributed by atoms with E-state index in [1.807, 2.05) is 18.2 Å². The summed E-state index contributed by atoms with van der Waals surface area (Å²) >= 11 is 0. The van der Waals surface area contributed by atoms with Crippen LogP contribution in [0.4, 0.5) is 17.2 Å². The number of rotatable bonds is 5. The molecule has 3 aromatic rings. The molecule has 1 heterocycles. The number of fused-ring (bicyclic) bond motifs is 1. The summed E-state index contributed by atoms with van der Waals surface area (Å²) in [5.74, 6) is 7.33. The zero-order chi connectivity index (χ0) is 23.2. The molecule has 1 amide bonds. The third-order valence-electron chi connectivity index (χ3n) is 6.83. The Labute approximate surface area is 201 Å². The van der Waals surface area contributed by atoms with Crippen molar-refractivity contribution in [2.45, 2.75) is 64.2 Å². The highest BCUT2D eigenvalue weighted by Crippen LogP contribution is 2.29. The molecule has 2 fully saturated rings. The first kappa shape index (κ1) is 22.4. The topological polar surface area (TPSA) is 66.9 Å². The van der Waals surface area contributed by atoms with E-state index in [4.69, 9.17) is 0 Å². The van der Waals surface area contributed by atoms with Crippen LogP contribution in [0.3, 0.4) is 0 Å². The van der Waals surface area contributed by atoms with Gasteiger partial charge in [0.2, 0.25) is 0 Å². The van der Waals surface area contributed by atoms with Crippen LogP contribution in [0.1, 0.15) is 63.4 Å². The summed E-state index contributed by atoms with van der Waals surface area (Å²) < 4.78 is 0. The van der Waals surface area contributed by atoms with Crippen LogP contribution in [-0.2, 0) is 11.2 Å². The Morgan fingerprint density at radius 1 is 0.882 bits per heavy atom. The molecule has 174 valence electrons. The molecule has 0 saturated heterocycles. The van der Waals surface area contributed by atoms with Gasteiger partial charge in [0.05, 0.1) is 5.52 Å². The lowest BCUT2D eigenvalue weighted by Crippen LogP contribution is -2.08. The van der Waals surface area contributed by atoms with Crippen molar-refractivity contribution < 1.29 is 4.79 Å². The predicted molar refractivity (Wildman–Crippen MR) is 138 cm³/mol. The highest BCUT2D eigenvalue weighted by Gasteiger charge is 2.18. The Balaban J connectivity index is 1.27. The summed E-state index contributed by atoms with van der Waals surface area (Å²) in [7, 11) is 0. The Bertz CT molecular complexity index is 1200. The van der Waals surface area contributed by atoms with Gasteiger partial charge >= 0.3 is 0 Å². The number of carbonyl (C=O) groups is 1. The third-order valence-corrected chi connectivity index (χ3v) is 6.83. The second-order valence-electron chi connectivity index (χ2n) is 9.69. The van der Waals surface area contributed by atoms with Gasteiger partial charge in [0.15, 0.2) is 0 Å². The molecule has 2 aliphatic carbocycles. The summed E-state index contributed by atoms with van der Waals surface area (Å²) in [4.78, 5) is 21.0. The maximum absolute atomic E-state index is 12.1. The minimum Gasteiger partial charge on any atom is -0.340 e. The van der Waals surface area contributed by atoms with Gasteiger partial charge in [-0.25, -0.2) is 9.97 Å². The van der Waals surface area contributed by atoms with E-state index in [2.05, 4.69) is 56.7 Å². The van der Waals surface area contributed by atoms with Crippen molar-refractivity contribution in [3.05, 3.63) is 54.4 Å². The molecule has 0 spiro atoms. The molecule has 0 radical (unpaired) electrons. The number of hydrogen-bond acceptors (Lipinski definition) is 4. The maximum atomic E-state index is 12.1. The van der Waals surface area contributed by atoms with E-state index in [1.54, 1.807) is 6.33 Å². The summed E-state index contributed by atoms with van der Waals surface area (Å²) in [5.41, 5.74) is 3.91. The second-order valence-corrected chi connectivity index (χ2v) is 9.69. The lowest BCUT2D eigenvalue weighted by molar-refractivity contribution is -0.111. The van der Waals surface area contributed by atoms with Crippen molar-refractivity contribution in [3.63, 3.8) is 0 Å². The van der Waals surface area contributed by atoms with Crippen molar-refractivity contribution >= 4 is 34.0 Å². The molecule has 2 aromatic carbocycles. The standard InChI is InChI=1S/C29H32N4O/c34-28(17-12-21-8-9-21)32-25-15-16-27-26(19-25)29(31-20-30-27)33-24-13-10-23(11-14-24)18-22-6-4-2-1-3-5-7-22/h10-11,13-16,19-22H,1-9,18H2,(H,32,34)(H,30,31,33). The van der Waals surface area contributed by atoms with Crippen molar-refractivity contribution in [1.82, 2.24) is 9.97 Å². The van der Waals surface area contributed by atoms with E-state index < -0.39 is 0 Å². The van der Waals surface area contributed by atoms with Crippen LogP contribution in [-0.4, -0.2) is 15.9 Å². The number of benzene rings is 2. The molecular formula is C29H32N4O. The van der Waals surface area contributed by atoms with Crippen LogP contribution in [0.2, 0.25) is 0 Å². The SMILES string of the molecule is O=C(C#CC1CC1)Nc1ccc2ncnc(Nc3ccc(CC4CCCCCCC4)cc3)c2c1. The van der Waals surface area contributed by atoms with Gasteiger partial charge < -0.3 is 10.6 Å². The summed E-state index contributed by atoms with van der Waals surface area (Å²) in [6.45, 7) is 0. The molecule has 1 aromatic heterocycles. The van der Waals surface area contributed by atoms with Gasteiger partial charge in [-0.05, 0) is 67.0 Å². The fourth-order valence-corrected chi connectivity index (χ4v) is 4.73. The molecule has 0 aliphatic heterocycles. The minimum atomic E-state index is -0.280. The second kappa shape index (κ2) is 10.7. The molecule has 0 atom stereocenters. The molecule has 2 N–H and O–H groups in total. The normalized spacial score (nSPS) is 16.7. The van der Waals surface area contributed by atoms with Crippen molar-refractivity contribution in [2.75, 3.05) is 10.6 Å². The van der Waals surface area contributed by atoms with Gasteiger partial charge in [0, 0.05) is 22.7 Å². The maximum Gasteiger partial charge on any atom is 0.300 e. The Kier molecular flexibility index (Phi) is 7.05. The van der Waals surface area contributed by atoms with Crippen molar-refractivity contribution in [1.29, 1.82) is 0 Å². The first-order chi connectivity index (χ1) is 16.7. The minimum absolute atomic E-state index is 0.280. The average molecular weight is 453 g/mol. The largest absolute Gasteiger partial charge is 0.340 e. The molecular weight excluding hydrogens is 420 g/mol. The number of carbonyl (C=O) groups excluding carboxylic acids is 1. The lowest BCUT2D eigenvalue weighted by atomic mass is 9.87. The van der Waals surface area contributed by atoms with Crippen LogP contribution in [0.15, 0.2) is 48.8 Å². The number of anilines is 3. The fraction of sp³-hybridized carbons (Fsp3) is 0.414. The summed E-state index contributed by atoms with van der Waals surface area (Å²) in [6.07, 6.45) is 14.6. The number of nitrogens with one attached hydrogen (secondary N) is 2. The van der Waals surface area contributed by atoms with Gasteiger partial charge in [-0.15, -0.1) is 0 Å². The lowest BCUT2D eigenvalue weighted by Gasteiger charge is -2.19. The summed E-state index contributed by atoms with van der Waals surface area (Å²) in [6, 6.07) is 14.4. The van der Waals surface area contributed by atoms with Gasteiger partial charge in [-0.2, -0.15) is 0 Å². The zero-order valence-corrected chi connectivity index (χ0v) is 19.6. The van der Waals surface area contributed by atoms with E-state index in [-0.39, 0.29) is 5.91 Å². The molecule has 2 aliphatic rings. The molecule has 2 saturated carbocycles. The van der Waals surface area contributed by atoms with Crippen LogP contribution in [0.25, 0.3) is 10.9 Å². The highest BCUT2D eigenvalue weighted by molar-refractivity contribution is 6.05. The van der Waals surface area contributed by atoms with Gasteiger partial charge in [-0.1, -0.05) is 63.0 Å². The van der Waals surface area contributed by atoms with Crippen LogP contribution >= 0.6 is 0 Å². The number of amides is 1. The average Bonchev–Trinajstić information content (AvgIpc) is 3.66. The van der Waals surface area contributed by atoms with E-state index >= 15 is 0 Å². The quantitative estimate of drug-likeness (QED) is 0.427. The molecule has 34 heavy (non-hydrogen) atoms. The van der Waals surface area contributed by atoms with Gasteiger partial charge in [-0.3, -0.25) is 4.79 Å². The van der Waals surface area contributed by atoms with Gasteiger partial charge in [0.1, 0.15) is 12.1 Å². The molecule has 5 rings (SSSR count). The van der Waals surface area contributed by atoms with Crippen LogP contribution < -0.4 is 10.6 Å². The van der Waals surface area contributed by atoms with E-state index in [0.29, 0.717) is 11.6 Å². The molecule has 5 heteroatoms. The number of aromatic nitrogens is 2. The molecule has 0 bridgehead atoms. The van der Waals surface area contributed by atoms with Crippen LogP contribution in [0, 0.1) is 23.7 Å². The predicted octanol–water partition coefficient (Wildman–Crippen LogP) is 6.63. The Hall–Kier alpha value is -3.39. The number of hydrogen-bond donors (Lipinski definition) is 2. The molecule has 5 nitrogen and oxygen atoms in total. The highest BCUT2D eigenvalue weighted by atomic mass is 16.1. The van der Waals surface area contributed by atoms with Crippen molar-refractivity contribution in [3.8, 4) is 11.8 Å². The Morgan fingerprint density at radius 2 is 1.62 bits per heavy atom. The van der Waals surface area contributed by atoms with E-state index in [9.17, 15) is 4.79 Å². The van der Waals surface area contributed by atoms with Gasteiger partial charge in [0.25, 0.3) is 5.91 Å².